The van der Waals surface area contributed by atoms with Gasteiger partial charge in [0.15, 0.2) is 0 Å². The number of carbonyl (C=O) groups excluding carboxylic acids is 3. The van der Waals surface area contributed by atoms with Crippen molar-refractivity contribution in [2.75, 3.05) is 5.32 Å². The molecule has 0 spiro atoms. The first-order valence-electron chi connectivity index (χ1n) is 14.9. The van der Waals surface area contributed by atoms with Crippen molar-refractivity contribution >= 4 is 69.4 Å². The van der Waals surface area contributed by atoms with Crippen molar-refractivity contribution in [2.24, 2.45) is 0 Å². The Balaban J connectivity index is 1.56. The van der Waals surface area contributed by atoms with Gasteiger partial charge in [-0.15, -0.1) is 0 Å². The van der Waals surface area contributed by atoms with Crippen LogP contribution in [0.25, 0.3) is 6.08 Å². The van der Waals surface area contributed by atoms with Crippen LogP contribution < -0.4 is 11.5 Å². The summed E-state index contributed by atoms with van der Waals surface area (Å²) in [6.07, 6.45) is 8.73. The van der Waals surface area contributed by atoms with Gasteiger partial charge in [0.25, 0.3) is 0 Å². The minimum absolute atomic E-state index is 0.0304. The van der Waals surface area contributed by atoms with E-state index in [1.54, 1.807) is 18.2 Å². The molecule has 0 aliphatic carbocycles. The molecule has 11 heteroatoms. The summed E-state index contributed by atoms with van der Waals surface area (Å²) in [4.78, 5) is 37.7. The molecule has 1 aliphatic rings. The summed E-state index contributed by atoms with van der Waals surface area (Å²) in [5.41, 5.74) is 1.23. The molecule has 2 aromatic rings. The molecule has 2 aromatic carbocycles. The molecule has 2 N–H and O–H groups in total. The third-order valence-electron chi connectivity index (χ3n) is 6.76. The summed E-state index contributed by atoms with van der Waals surface area (Å²) in [6, 6.07) is 11.7. The summed E-state index contributed by atoms with van der Waals surface area (Å²) in [5.74, 6) is -0.149. The number of aromatic hydroxyl groups is 1. The van der Waals surface area contributed by atoms with Gasteiger partial charge >= 0.3 is 269 Å². The van der Waals surface area contributed by atoms with Crippen LogP contribution in [0.5, 0.6) is 17.2 Å². The molecule has 0 atom stereocenters. The van der Waals surface area contributed by atoms with E-state index in [4.69, 9.17) is 12.3 Å². The number of hydrogen-bond acceptors (Lipinski definition) is 8. The normalized spacial score (nSPS) is 13.2. The zero-order valence-electron chi connectivity index (χ0n) is 25.3. The molecule has 3 rings (SSSR count). The van der Waals surface area contributed by atoms with Crippen LogP contribution in [0.4, 0.5) is 5.69 Å². The van der Waals surface area contributed by atoms with Crippen molar-refractivity contribution in [3.8, 4) is 17.2 Å². The number of fused-ring (bicyclic) bond motifs is 1. The Labute approximate surface area is 267 Å². The minimum atomic E-state index is -3.40. The number of nitrogens with one attached hydrogen (secondary N) is 1. The molecular formula is C32H42NO8Sn2. The van der Waals surface area contributed by atoms with Crippen molar-refractivity contribution in [1.29, 1.82) is 0 Å². The van der Waals surface area contributed by atoms with Gasteiger partial charge in [-0.05, 0) is 0 Å². The maximum absolute atomic E-state index is 12.7. The summed E-state index contributed by atoms with van der Waals surface area (Å²) >= 11 is -6.60. The van der Waals surface area contributed by atoms with E-state index in [0.717, 1.165) is 64.5 Å². The number of hydrogen-bond donors (Lipinski definition) is 2. The Kier molecular flexibility index (Phi) is 14.2. The van der Waals surface area contributed by atoms with E-state index in [1.165, 1.54) is 18.2 Å². The van der Waals surface area contributed by atoms with Crippen LogP contribution in [0.15, 0.2) is 60.7 Å². The number of phenolic OH excluding ortho intramolecular Hbond substituents is 1. The topological polar surface area (TPSA) is 120 Å². The SMILES string of the molecule is C=C(CC(=O)Nc1ccc(O)cc1)C(=O)[O][Sn]([CH2]CCC)[O]C(=O)/C=C/c1ccc2c(c1)[O][Sn]([CH2]CCC)([CH2]CCC)[O]2. The monoisotopic (exact) mass is 808 g/mol. The number of rotatable bonds is 17. The number of amides is 1. The molecular weight excluding hydrogens is 764 g/mol. The van der Waals surface area contributed by atoms with Gasteiger partial charge < -0.3 is 0 Å². The van der Waals surface area contributed by atoms with E-state index >= 15 is 0 Å². The third-order valence-corrected chi connectivity index (χ3v) is 21.1. The molecule has 1 aliphatic heterocycles. The first-order valence-corrected chi connectivity index (χ1v) is 25.6. The van der Waals surface area contributed by atoms with Crippen molar-refractivity contribution in [3.63, 3.8) is 0 Å². The predicted octanol–water partition coefficient (Wildman–Crippen LogP) is 7.18. The number of phenols is 1. The van der Waals surface area contributed by atoms with Crippen molar-refractivity contribution in [3.05, 3.63) is 66.3 Å². The van der Waals surface area contributed by atoms with Crippen LogP contribution in [0.1, 0.15) is 71.3 Å². The van der Waals surface area contributed by atoms with Gasteiger partial charge in [-0.25, -0.2) is 0 Å². The molecule has 0 bridgehead atoms. The van der Waals surface area contributed by atoms with Gasteiger partial charge in [0.2, 0.25) is 0 Å². The third kappa shape index (κ3) is 11.4. The molecule has 43 heavy (non-hydrogen) atoms. The number of benzene rings is 2. The van der Waals surface area contributed by atoms with Crippen LogP contribution in [-0.4, -0.2) is 62.7 Å². The van der Waals surface area contributed by atoms with Crippen LogP contribution in [0.3, 0.4) is 0 Å². The Morgan fingerprint density at radius 3 is 2.23 bits per heavy atom. The van der Waals surface area contributed by atoms with E-state index in [1.807, 2.05) is 25.1 Å². The standard InChI is InChI=1S/C11H11NO4.C9H8O4.3C4H9.2Sn/c1-7(11(15)16)6-10(14)12-8-2-4-9(13)5-3-8;10-7-3-1-6(5-8(7)11)2-4-9(12)13;3*1-3-4-2;;/h2-5,13H,1,6H2,(H,12,14)(H,15,16);1-5,10-11H,(H,12,13);3*1,3-4H2,2H3;;/q;;;;;2*+2/p-4/b;4-2+;;;;;. The average molecular weight is 806 g/mol. The Hall–Kier alpha value is -2.67. The molecule has 9 nitrogen and oxygen atoms in total. The van der Waals surface area contributed by atoms with Crippen LogP contribution >= 0.6 is 0 Å². The zero-order valence-corrected chi connectivity index (χ0v) is 31.0. The first kappa shape index (κ1) is 34.8. The molecule has 0 unspecified atom stereocenters. The summed E-state index contributed by atoms with van der Waals surface area (Å²) in [5, 5.41) is 12.0. The van der Waals surface area contributed by atoms with Gasteiger partial charge in [0, 0.05) is 0 Å². The fourth-order valence-electron chi connectivity index (χ4n) is 4.38. The molecule has 1 heterocycles. The van der Waals surface area contributed by atoms with E-state index in [-0.39, 0.29) is 17.7 Å². The molecule has 1 amide bonds. The quantitative estimate of drug-likeness (QED) is 0.0981. The Bertz CT molecular complexity index is 1290. The van der Waals surface area contributed by atoms with E-state index in [0.29, 0.717) is 10.1 Å². The molecule has 1 radical (unpaired) electrons. The molecule has 0 fully saturated rings. The molecule has 0 saturated heterocycles. The predicted molar refractivity (Wildman–Crippen MR) is 170 cm³/mol. The average Bonchev–Trinajstić information content (AvgIpc) is 3.35. The number of anilines is 1. The van der Waals surface area contributed by atoms with Gasteiger partial charge in [0.05, 0.1) is 0 Å². The van der Waals surface area contributed by atoms with Gasteiger partial charge in [0.1, 0.15) is 0 Å². The van der Waals surface area contributed by atoms with E-state index < -0.39 is 57.6 Å². The van der Waals surface area contributed by atoms with Gasteiger partial charge in [-0.1, -0.05) is 0 Å². The molecule has 0 saturated carbocycles. The fraction of sp³-hybridized carbons (Fsp3) is 0.406. The maximum atomic E-state index is 12.7. The second-order valence-corrected chi connectivity index (χ2v) is 24.5. The van der Waals surface area contributed by atoms with Crippen molar-refractivity contribution in [1.82, 2.24) is 0 Å². The van der Waals surface area contributed by atoms with Crippen LogP contribution in [0, 0.1) is 0 Å². The first-order chi connectivity index (χ1) is 20.7. The van der Waals surface area contributed by atoms with E-state index in [2.05, 4.69) is 25.7 Å². The second kappa shape index (κ2) is 17.6. The fourth-order valence-corrected chi connectivity index (χ4v) is 19.1. The zero-order chi connectivity index (χ0) is 31.2. The van der Waals surface area contributed by atoms with E-state index in [9.17, 15) is 19.5 Å². The summed E-state index contributed by atoms with van der Waals surface area (Å²) < 4.78 is 26.8. The van der Waals surface area contributed by atoms with Gasteiger partial charge in [-0.3, -0.25) is 0 Å². The van der Waals surface area contributed by atoms with Crippen LogP contribution in [0.2, 0.25) is 13.3 Å². The molecule has 231 valence electrons. The van der Waals surface area contributed by atoms with Crippen LogP contribution in [-0.2, 0) is 20.5 Å². The Morgan fingerprint density at radius 1 is 0.930 bits per heavy atom. The number of unbranched alkanes of at least 4 members (excludes halogenated alkanes) is 3. The van der Waals surface area contributed by atoms with Crippen molar-refractivity contribution in [2.45, 2.75) is 79.0 Å². The Morgan fingerprint density at radius 2 is 1.58 bits per heavy atom. The number of carbonyl (C=O) groups is 3. The summed E-state index contributed by atoms with van der Waals surface area (Å²) in [7, 11) is 0. The second-order valence-electron chi connectivity index (χ2n) is 10.5. The van der Waals surface area contributed by atoms with Gasteiger partial charge in [-0.2, -0.15) is 0 Å². The summed E-state index contributed by atoms with van der Waals surface area (Å²) in [6.45, 7) is 10.0. The van der Waals surface area contributed by atoms with Crippen molar-refractivity contribution < 1.29 is 31.8 Å². The molecule has 0 aromatic heterocycles.